The van der Waals surface area contributed by atoms with Gasteiger partial charge in [-0.2, -0.15) is 5.10 Å². The maximum atomic E-state index is 4.11. The molecule has 2 aromatic heterocycles. The molecule has 0 spiro atoms. The van der Waals surface area contributed by atoms with Crippen molar-refractivity contribution in [2.45, 2.75) is 13.5 Å². The first kappa shape index (κ1) is 9.71. The Labute approximate surface area is 89.0 Å². The van der Waals surface area contributed by atoms with E-state index in [1.54, 1.807) is 12.4 Å². The number of hydrogen-bond donors (Lipinski definition) is 1. The van der Waals surface area contributed by atoms with Crippen LogP contribution in [0.1, 0.15) is 11.3 Å². The largest absolute Gasteiger partial charge is 0.378 e. The summed E-state index contributed by atoms with van der Waals surface area (Å²) in [4.78, 5) is 4.08. The van der Waals surface area contributed by atoms with Crippen molar-refractivity contribution < 1.29 is 0 Å². The molecule has 4 nitrogen and oxygen atoms in total. The highest BCUT2D eigenvalue weighted by Crippen LogP contribution is 2.12. The van der Waals surface area contributed by atoms with Gasteiger partial charge < -0.3 is 5.32 Å². The van der Waals surface area contributed by atoms with E-state index in [-0.39, 0.29) is 0 Å². The molecule has 1 N–H and O–H groups in total. The van der Waals surface area contributed by atoms with Crippen LogP contribution in [-0.2, 0) is 13.6 Å². The van der Waals surface area contributed by atoms with Crippen LogP contribution < -0.4 is 5.32 Å². The van der Waals surface area contributed by atoms with Crippen molar-refractivity contribution in [3.63, 3.8) is 0 Å². The Kier molecular flexibility index (Phi) is 2.67. The third kappa shape index (κ3) is 2.15. The lowest BCUT2D eigenvalue weighted by atomic mass is 10.2. The molecule has 2 heterocycles. The highest BCUT2D eigenvalue weighted by Gasteiger charge is 2.00. The van der Waals surface area contributed by atoms with Crippen LogP contribution in [0.4, 0.5) is 5.69 Å². The highest BCUT2D eigenvalue weighted by atomic mass is 15.3. The van der Waals surface area contributed by atoms with Crippen molar-refractivity contribution in [1.29, 1.82) is 0 Å². The van der Waals surface area contributed by atoms with Crippen LogP contribution in [0.5, 0.6) is 0 Å². The van der Waals surface area contributed by atoms with E-state index in [1.165, 1.54) is 5.56 Å². The predicted molar refractivity (Wildman–Crippen MR) is 59.5 cm³/mol. The average Bonchev–Trinajstić information content (AvgIpc) is 2.63. The smallest absolute Gasteiger partial charge is 0.0571 e. The monoisotopic (exact) mass is 202 g/mol. The van der Waals surface area contributed by atoms with Crippen LogP contribution in [0.3, 0.4) is 0 Å². The van der Waals surface area contributed by atoms with E-state index < -0.39 is 0 Å². The molecule has 78 valence electrons. The maximum Gasteiger partial charge on any atom is 0.0571 e. The Hall–Kier alpha value is -1.84. The lowest BCUT2D eigenvalue weighted by Crippen LogP contribution is -2.06. The van der Waals surface area contributed by atoms with Gasteiger partial charge in [0.1, 0.15) is 0 Å². The van der Waals surface area contributed by atoms with Gasteiger partial charge in [0.2, 0.25) is 0 Å². The number of hydrogen-bond acceptors (Lipinski definition) is 3. The summed E-state index contributed by atoms with van der Waals surface area (Å²) < 4.78 is 1.86. The molecule has 15 heavy (non-hydrogen) atoms. The van der Waals surface area contributed by atoms with Gasteiger partial charge in [0.05, 0.1) is 24.1 Å². The van der Waals surface area contributed by atoms with Crippen molar-refractivity contribution >= 4 is 5.69 Å². The van der Waals surface area contributed by atoms with Crippen molar-refractivity contribution in [2.24, 2.45) is 7.05 Å². The Balaban J connectivity index is 2.06. The summed E-state index contributed by atoms with van der Waals surface area (Å²) in [6, 6.07) is 3.99. The molecule has 0 amide bonds. The molecule has 0 aliphatic rings. The maximum absolute atomic E-state index is 4.11. The molecule has 0 saturated carbocycles. The number of pyridine rings is 1. The van der Waals surface area contributed by atoms with Crippen molar-refractivity contribution in [1.82, 2.24) is 14.8 Å². The van der Waals surface area contributed by atoms with Crippen LogP contribution >= 0.6 is 0 Å². The molecule has 0 atom stereocenters. The van der Waals surface area contributed by atoms with Crippen LogP contribution in [0.25, 0.3) is 0 Å². The number of rotatable bonds is 3. The summed E-state index contributed by atoms with van der Waals surface area (Å²) in [5, 5.41) is 7.45. The third-order valence-corrected chi connectivity index (χ3v) is 2.42. The van der Waals surface area contributed by atoms with Gasteiger partial charge in [0.25, 0.3) is 0 Å². The fourth-order valence-corrected chi connectivity index (χ4v) is 1.41. The van der Waals surface area contributed by atoms with Crippen molar-refractivity contribution in [3.05, 3.63) is 42.0 Å². The standard InChI is InChI=1S/C11H14N4/c1-9-3-5-12-8-11(9)13-7-10-4-6-14-15(10)2/h3-6,8,13H,7H2,1-2H3. The summed E-state index contributed by atoms with van der Waals surface area (Å²) in [5.41, 5.74) is 3.42. The number of nitrogens with zero attached hydrogens (tertiary/aromatic N) is 3. The minimum Gasteiger partial charge on any atom is -0.378 e. The van der Waals surface area contributed by atoms with E-state index >= 15 is 0 Å². The van der Waals surface area contributed by atoms with Crippen LogP contribution in [0.15, 0.2) is 30.7 Å². The first-order valence-corrected chi connectivity index (χ1v) is 4.89. The van der Waals surface area contributed by atoms with Crippen molar-refractivity contribution in [3.8, 4) is 0 Å². The van der Waals surface area contributed by atoms with E-state index in [1.807, 2.05) is 30.1 Å². The molecule has 2 rings (SSSR count). The van der Waals surface area contributed by atoms with Crippen LogP contribution in [0, 0.1) is 6.92 Å². The summed E-state index contributed by atoms with van der Waals surface area (Å²) in [5.74, 6) is 0. The molecule has 2 aromatic rings. The molecule has 4 heteroatoms. The molecule has 0 fully saturated rings. The lowest BCUT2D eigenvalue weighted by Gasteiger charge is -2.08. The highest BCUT2D eigenvalue weighted by molar-refractivity contribution is 5.47. The Morgan fingerprint density at radius 3 is 2.87 bits per heavy atom. The van der Waals surface area contributed by atoms with Gasteiger partial charge in [-0.1, -0.05) is 0 Å². The first-order valence-electron chi connectivity index (χ1n) is 4.89. The topological polar surface area (TPSA) is 42.7 Å². The normalized spacial score (nSPS) is 10.3. The van der Waals surface area contributed by atoms with Gasteiger partial charge in [-0.25, -0.2) is 0 Å². The fourth-order valence-electron chi connectivity index (χ4n) is 1.41. The van der Waals surface area contributed by atoms with E-state index in [0.29, 0.717) is 0 Å². The van der Waals surface area contributed by atoms with Gasteiger partial charge in [0, 0.05) is 19.4 Å². The number of anilines is 1. The van der Waals surface area contributed by atoms with Crippen LogP contribution in [-0.4, -0.2) is 14.8 Å². The van der Waals surface area contributed by atoms with Crippen molar-refractivity contribution in [2.75, 3.05) is 5.32 Å². The van der Waals surface area contributed by atoms with E-state index in [2.05, 4.69) is 22.3 Å². The number of aromatic nitrogens is 3. The zero-order valence-electron chi connectivity index (χ0n) is 8.94. The average molecular weight is 202 g/mol. The molecule has 0 unspecified atom stereocenters. The molecule has 0 aromatic carbocycles. The zero-order valence-corrected chi connectivity index (χ0v) is 8.94. The van der Waals surface area contributed by atoms with Gasteiger partial charge in [-0.15, -0.1) is 0 Å². The van der Waals surface area contributed by atoms with E-state index in [0.717, 1.165) is 17.9 Å². The Bertz CT molecular complexity index is 447. The molecule has 0 saturated heterocycles. The van der Waals surface area contributed by atoms with Gasteiger partial charge in [0.15, 0.2) is 0 Å². The van der Waals surface area contributed by atoms with Crippen LogP contribution in [0.2, 0.25) is 0 Å². The summed E-state index contributed by atoms with van der Waals surface area (Å²) >= 11 is 0. The minimum atomic E-state index is 0.767. The SMILES string of the molecule is Cc1ccncc1NCc1ccnn1C. The fraction of sp³-hybridized carbons (Fsp3) is 0.273. The molecule has 0 aliphatic heterocycles. The number of nitrogens with one attached hydrogen (secondary N) is 1. The van der Waals surface area contributed by atoms with Gasteiger partial charge in [-0.3, -0.25) is 9.67 Å². The third-order valence-electron chi connectivity index (χ3n) is 2.42. The molecule has 0 bridgehead atoms. The second-order valence-electron chi connectivity index (χ2n) is 3.49. The Morgan fingerprint density at radius 1 is 1.33 bits per heavy atom. The molecule has 0 aliphatic carbocycles. The summed E-state index contributed by atoms with van der Waals surface area (Å²) in [7, 11) is 1.94. The minimum absolute atomic E-state index is 0.767. The van der Waals surface area contributed by atoms with E-state index in [9.17, 15) is 0 Å². The molecular formula is C11H14N4. The Morgan fingerprint density at radius 2 is 2.20 bits per heavy atom. The lowest BCUT2D eigenvalue weighted by molar-refractivity contribution is 0.720. The number of aryl methyl sites for hydroxylation is 2. The zero-order chi connectivity index (χ0) is 10.7. The quantitative estimate of drug-likeness (QED) is 0.824. The summed E-state index contributed by atoms with van der Waals surface area (Å²) in [6.07, 6.45) is 5.43. The second-order valence-corrected chi connectivity index (χ2v) is 3.49. The summed E-state index contributed by atoms with van der Waals surface area (Å²) in [6.45, 7) is 2.83. The molecular weight excluding hydrogens is 188 g/mol. The van der Waals surface area contributed by atoms with Gasteiger partial charge >= 0.3 is 0 Å². The first-order chi connectivity index (χ1) is 7.27. The predicted octanol–water partition coefficient (Wildman–Crippen LogP) is 1.74. The van der Waals surface area contributed by atoms with E-state index in [4.69, 9.17) is 0 Å². The van der Waals surface area contributed by atoms with Gasteiger partial charge in [-0.05, 0) is 24.6 Å². The molecule has 0 radical (unpaired) electrons. The second kappa shape index (κ2) is 4.13.